The van der Waals surface area contributed by atoms with Crippen LogP contribution in [-0.4, -0.2) is 24.0 Å². The minimum Gasteiger partial charge on any atom is -0.352 e. The van der Waals surface area contributed by atoms with Crippen molar-refractivity contribution in [1.82, 2.24) is 10.6 Å². The molecule has 0 spiro atoms. The molecule has 18 heavy (non-hydrogen) atoms. The van der Waals surface area contributed by atoms with Crippen LogP contribution in [0.3, 0.4) is 0 Å². The second-order valence-electron chi connectivity index (χ2n) is 5.43. The van der Waals surface area contributed by atoms with E-state index >= 15 is 0 Å². The van der Waals surface area contributed by atoms with Gasteiger partial charge in [-0.3, -0.25) is 4.79 Å². The van der Waals surface area contributed by atoms with Crippen LogP contribution in [0.5, 0.6) is 0 Å². The van der Waals surface area contributed by atoms with Gasteiger partial charge in [-0.2, -0.15) is 0 Å². The maximum atomic E-state index is 12.2. The molecule has 1 saturated heterocycles. The van der Waals surface area contributed by atoms with Gasteiger partial charge in [-0.25, -0.2) is 0 Å². The van der Waals surface area contributed by atoms with Crippen LogP contribution in [-0.2, 0) is 11.2 Å². The van der Waals surface area contributed by atoms with Crippen molar-refractivity contribution in [2.24, 2.45) is 0 Å². The van der Waals surface area contributed by atoms with E-state index < -0.39 is 0 Å². The van der Waals surface area contributed by atoms with E-state index in [0.717, 1.165) is 25.8 Å². The molecule has 3 heteroatoms. The molecule has 0 aromatic heterocycles. The van der Waals surface area contributed by atoms with E-state index in [0.29, 0.717) is 0 Å². The van der Waals surface area contributed by atoms with Gasteiger partial charge in [0.25, 0.3) is 0 Å². The summed E-state index contributed by atoms with van der Waals surface area (Å²) in [6.45, 7) is 4.99. The molecule has 2 N–H and O–H groups in total. The minimum absolute atomic E-state index is 0.128. The van der Waals surface area contributed by atoms with Gasteiger partial charge >= 0.3 is 0 Å². The zero-order valence-electron chi connectivity index (χ0n) is 11.2. The normalized spacial score (nSPS) is 24.8. The molecule has 0 radical (unpaired) electrons. The van der Waals surface area contributed by atoms with Crippen LogP contribution in [0.2, 0.25) is 0 Å². The molecule has 2 rings (SSSR count). The van der Waals surface area contributed by atoms with Crippen molar-refractivity contribution in [3.05, 3.63) is 35.9 Å². The fourth-order valence-corrected chi connectivity index (χ4v) is 2.49. The van der Waals surface area contributed by atoms with Gasteiger partial charge in [-0.05, 0) is 45.2 Å². The van der Waals surface area contributed by atoms with Gasteiger partial charge in [-0.15, -0.1) is 0 Å². The largest absolute Gasteiger partial charge is 0.352 e. The van der Waals surface area contributed by atoms with Gasteiger partial charge in [0, 0.05) is 6.04 Å². The second kappa shape index (κ2) is 5.53. The maximum absolute atomic E-state index is 12.2. The summed E-state index contributed by atoms with van der Waals surface area (Å²) >= 11 is 0. The highest BCUT2D eigenvalue weighted by Crippen LogP contribution is 2.18. The standard InChI is InChI=1S/C15H22N2O/c1-12(11-13-7-4-3-5-8-13)17-14(18)15(2)9-6-10-16-15/h3-5,7-8,12,16H,6,9-11H2,1-2H3,(H,17,18). The van der Waals surface area contributed by atoms with E-state index in [9.17, 15) is 4.79 Å². The summed E-state index contributed by atoms with van der Waals surface area (Å²) in [5, 5.41) is 6.40. The lowest BCUT2D eigenvalue weighted by molar-refractivity contribution is -0.127. The number of rotatable bonds is 4. The molecule has 1 aromatic rings. The molecule has 2 atom stereocenters. The van der Waals surface area contributed by atoms with E-state index in [-0.39, 0.29) is 17.5 Å². The molecular formula is C15H22N2O. The molecule has 2 unspecified atom stereocenters. The molecule has 0 bridgehead atoms. The Morgan fingerprint density at radius 1 is 1.44 bits per heavy atom. The monoisotopic (exact) mass is 246 g/mol. The third-order valence-electron chi connectivity index (χ3n) is 3.63. The van der Waals surface area contributed by atoms with E-state index in [1.807, 2.05) is 25.1 Å². The van der Waals surface area contributed by atoms with Crippen molar-refractivity contribution in [2.45, 2.75) is 44.7 Å². The van der Waals surface area contributed by atoms with Crippen molar-refractivity contribution >= 4 is 5.91 Å². The predicted octanol–water partition coefficient (Wildman–Crippen LogP) is 1.88. The zero-order valence-corrected chi connectivity index (χ0v) is 11.2. The molecule has 98 valence electrons. The highest BCUT2D eigenvalue weighted by Gasteiger charge is 2.36. The number of amides is 1. The fourth-order valence-electron chi connectivity index (χ4n) is 2.49. The number of carbonyl (C=O) groups excluding carboxylic acids is 1. The Morgan fingerprint density at radius 3 is 2.78 bits per heavy atom. The number of hydrogen-bond donors (Lipinski definition) is 2. The highest BCUT2D eigenvalue weighted by molar-refractivity contribution is 5.86. The summed E-state index contributed by atoms with van der Waals surface area (Å²) in [5.74, 6) is 0.128. The van der Waals surface area contributed by atoms with Crippen LogP contribution >= 0.6 is 0 Å². The third kappa shape index (κ3) is 3.10. The van der Waals surface area contributed by atoms with Crippen molar-refractivity contribution in [1.29, 1.82) is 0 Å². The van der Waals surface area contributed by atoms with Crippen LogP contribution in [0.15, 0.2) is 30.3 Å². The average molecular weight is 246 g/mol. The van der Waals surface area contributed by atoms with Gasteiger partial charge in [0.2, 0.25) is 5.91 Å². The Kier molecular flexibility index (Phi) is 4.02. The number of benzene rings is 1. The molecule has 3 nitrogen and oxygen atoms in total. The minimum atomic E-state index is -0.370. The molecule has 1 amide bonds. The van der Waals surface area contributed by atoms with E-state index in [4.69, 9.17) is 0 Å². The van der Waals surface area contributed by atoms with Crippen LogP contribution < -0.4 is 10.6 Å². The van der Waals surface area contributed by atoms with E-state index in [1.165, 1.54) is 5.56 Å². The summed E-state index contributed by atoms with van der Waals surface area (Å²) in [5.41, 5.74) is 0.889. The van der Waals surface area contributed by atoms with Crippen LogP contribution in [0.25, 0.3) is 0 Å². The first-order valence-electron chi connectivity index (χ1n) is 6.70. The van der Waals surface area contributed by atoms with Crippen molar-refractivity contribution in [3.8, 4) is 0 Å². The molecule has 1 heterocycles. The summed E-state index contributed by atoms with van der Waals surface area (Å²) in [6.07, 6.45) is 2.89. The lowest BCUT2D eigenvalue weighted by Gasteiger charge is -2.25. The predicted molar refractivity (Wildman–Crippen MR) is 73.4 cm³/mol. The third-order valence-corrected chi connectivity index (χ3v) is 3.63. The first kappa shape index (κ1) is 13.1. The molecule has 1 aromatic carbocycles. The topological polar surface area (TPSA) is 41.1 Å². The maximum Gasteiger partial charge on any atom is 0.240 e. The molecule has 0 aliphatic carbocycles. The quantitative estimate of drug-likeness (QED) is 0.851. The first-order chi connectivity index (χ1) is 8.60. The Morgan fingerprint density at radius 2 is 2.17 bits per heavy atom. The first-order valence-corrected chi connectivity index (χ1v) is 6.70. The smallest absolute Gasteiger partial charge is 0.240 e. The number of carbonyl (C=O) groups is 1. The summed E-state index contributed by atoms with van der Waals surface area (Å²) < 4.78 is 0. The van der Waals surface area contributed by atoms with Crippen molar-refractivity contribution < 1.29 is 4.79 Å². The van der Waals surface area contributed by atoms with Gasteiger partial charge in [0.1, 0.15) is 0 Å². The van der Waals surface area contributed by atoms with Crippen LogP contribution in [0.4, 0.5) is 0 Å². The molecule has 1 aliphatic rings. The Labute approximate surface area is 109 Å². The second-order valence-corrected chi connectivity index (χ2v) is 5.43. The summed E-state index contributed by atoms with van der Waals surface area (Å²) in [6, 6.07) is 10.4. The molecular weight excluding hydrogens is 224 g/mol. The Bertz CT molecular complexity index is 396. The zero-order chi connectivity index (χ0) is 13.0. The highest BCUT2D eigenvalue weighted by atomic mass is 16.2. The van der Waals surface area contributed by atoms with E-state index in [1.54, 1.807) is 0 Å². The summed E-state index contributed by atoms with van der Waals surface area (Å²) in [7, 11) is 0. The van der Waals surface area contributed by atoms with Crippen LogP contribution in [0.1, 0.15) is 32.3 Å². The van der Waals surface area contributed by atoms with Gasteiger partial charge in [-0.1, -0.05) is 30.3 Å². The summed E-state index contributed by atoms with van der Waals surface area (Å²) in [4.78, 5) is 12.2. The molecule has 1 fully saturated rings. The number of nitrogens with one attached hydrogen (secondary N) is 2. The molecule has 1 aliphatic heterocycles. The van der Waals surface area contributed by atoms with Gasteiger partial charge in [0.05, 0.1) is 5.54 Å². The van der Waals surface area contributed by atoms with E-state index in [2.05, 4.69) is 29.7 Å². The average Bonchev–Trinajstić information content (AvgIpc) is 2.78. The SMILES string of the molecule is CC(Cc1ccccc1)NC(=O)C1(C)CCCN1. The number of hydrogen-bond acceptors (Lipinski definition) is 2. The lowest BCUT2D eigenvalue weighted by atomic mass is 9.98. The molecule has 0 saturated carbocycles. The van der Waals surface area contributed by atoms with Gasteiger partial charge in [0.15, 0.2) is 0 Å². The van der Waals surface area contributed by atoms with Crippen molar-refractivity contribution in [3.63, 3.8) is 0 Å². The lowest BCUT2D eigenvalue weighted by Crippen LogP contribution is -2.53. The Balaban J connectivity index is 1.87. The Hall–Kier alpha value is -1.35. The van der Waals surface area contributed by atoms with Crippen LogP contribution in [0, 0.1) is 0 Å². The van der Waals surface area contributed by atoms with Crippen molar-refractivity contribution in [2.75, 3.05) is 6.54 Å². The fraction of sp³-hybridized carbons (Fsp3) is 0.533. The van der Waals surface area contributed by atoms with Gasteiger partial charge < -0.3 is 10.6 Å².